The summed E-state index contributed by atoms with van der Waals surface area (Å²) in [5.74, 6) is -0.270. The summed E-state index contributed by atoms with van der Waals surface area (Å²) in [4.78, 5) is 16.6. The normalized spacial score (nSPS) is 12.4. The monoisotopic (exact) mass is 468 g/mol. The van der Waals surface area contributed by atoms with Gasteiger partial charge in [-0.1, -0.05) is 40.5 Å². The Morgan fingerprint density at radius 2 is 1.67 bits per heavy atom. The second-order valence-electron chi connectivity index (χ2n) is 6.60. The topological polar surface area (TPSA) is 114 Å². The Morgan fingerprint density at radius 3 is 2.27 bits per heavy atom. The third-order valence-corrected chi connectivity index (χ3v) is 5.22. The van der Waals surface area contributed by atoms with Gasteiger partial charge in [0.1, 0.15) is 5.75 Å². The number of nitrogens with zero attached hydrogens (tertiary/aromatic N) is 2. The van der Waals surface area contributed by atoms with Crippen molar-refractivity contribution < 1.29 is 17.7 Å². The Hall–Kier alpha value is -2.62. The number of benzene rings is 2. The third kappa shape index (κ3) is 6.72. The predicted molar refractivity (Wildman–Crippen MR) is 114 cm³/mol. The van der Waals surface area contributed by atoms with Gasteiger partial charge in [0, 0.05) is 28.4 Å². The highest BCUT2D eigenvalue weighted by Crippen LogP contribution is 2.20. The van der Waals surface area contributed by atoms with E-state index in [1.54, 1.807) is 36.4 Å². The fourth-order valence-corrected chi connectivity index (χ4v) is 3.43. The second kappa shape index (κ2) is 9.46. The first-order chi connectivity index (χ1) is 14.2. The zero-order valence-corrected chi connectivity index (χ0v) is 18.1. The van der Waals surface area contributed by atoms with E-state index >= 15 is 0 Å². The van der Waals surface area contributed by atoms with E-state index in [1.807, 2.05) is 12.1 Å². The van der Waals surface area contributed by atoms with Gasteiger partial charge in [-0.15, -0.1) is 0 Å². The average molecular weight is 469 g/mol. The van der Waals surface area contributed by atoms with Crippen molar-refractivity contribution in [3.8, 4) is 0 Å². The van der Waals surface area contributed by atoms with Crippen molar-refractivity contribution in [2.75, 3.05) is 11.6 Å². The minimum Gasteiger partial charge on any atom is -0.338 e. The number of carbonyl (C=O) groups is 1. The number of halogens is 2. The maximum absolute atomic E-state index is 12.5. The lowest BCUT2D eigenvalue weighted by atomic mass is 10.1. The van der Waals surface area contributed by atoms with Crippen molar-refractivity contribution in [2.45, 2.75) is 18.2 Å². The molecule has 8 nitrogen and oxygen atoms in total. The first-order valence-electron chi connectivity index (χ1n) is 8.76. The van der Waals surface area contributed by atoms with E-state index < -0.39 is 21.9 Å². The largest absolute Gasteiger partial charge is 0.338 e. The van der Waals surface area contributed by atoms with Gasteiger partial charge in [-0.3, -0.25) is 0 Å². The number of sulfone groups is 1. The van der Waals surface area contributed by atoms with E-state index in [9.17, 15) is 13.2 Å². The fraction of sp³-hybridized carbons (Fsp3) is 0.211. The van der Waals surface area contributed by atoms with E-state index in [1.165, 1.54) is 0 Å². The summed E-state index contributed by atoms with van der Waals surface area (Å²) in [6.45, 7) is 0. The molecule has 11 heteroatoms. The molecule has 0 bridgehead atoms. The smallest absolute Gasteiger partial charge is 0.319 e. The zero-order chi connectivity index (χ0) is 21.7. The van der Waals surface area contributed by atoms with Gasteiger partial charge < -0.3 is 15.2 Å². The molecule has 2 N–H and O–H groups in total. The van der Waals surface area contributed by atoms with Crippen molar-refractivity contribution in [3.05, 3.63) is 75.9 Å². The molecule has 30 heavy (non-hydrogen) atoms. The standard InChI is InChI=1S/C19H18Cl2N4O4S/c1-30(27,28)11-17-24-18(25-29-17)16(10-12-2-4-13(20)5-3-12)23-19(26)22-15-8-6-14(21)7-9-15/h2-9,16H,10-11H2,1H3,(H2,22,23,26). The maximum atomic E-state index is 12.5. The molecule has 0 aliphatic carbocycles. The van der Waals surface area contributed by atoms with Crippen molar-refractivity contribution in [2.24, 2.45) is 0 Å². The number of anilines is 1. The van der Waals surface area contributed by atoms with Crippen LogP contribution >= 0.6 is 23.2 Å². The van der Waals surface area contributed by atoms with Crippen molar-refractivity contribution in [3.63, 3.8) is 0 Å². The zero-order valence-electron chi connectivity index (χ0n) is 15.8. The van der Waals surface area contributed by atoms with Gasteiger partial charge in [0.2, 0.25) is 5.89 Å². The van der Waals surface area contributed by atoms with Crippen LogP contribution in [0, 0.1) is 0 Å². The number of nitrogens with one attached hydrogen (secondary N) is 2. The highest BCUT2D eigenvalue weighted by atomic mass is 35.5. The van der Waals surface area contributed by atoms with Crippen LogP contribution in [0.2, 0.25) is 10.0 Å². The van der Waals surface area contributed by atoms with Crippen LogP contribution in [0.1, 0.15) is 23.3 Å². The van der Waals surface area contributed by atoms with Crippen molar-refractivity contribution in [1.82, 2.24) is 15.5 Å². The molecule has 1 unspecified atom stereocenters. The summed E-state index contributed by atoms with van der Waals surface area (Å²) in [6, 6.07) is 12.5. The van der Waals surface area contributed by atoms with Crippen LogP contribution in [0.15, 0.2) is 53.1 Å². The van der Waals surface area contributed by atoms with Gasteiger partial charge >= 0.3 is 6.03 Å². The second-order valence-corrected chi connectivity index (χ2v) is 9.62. The SMILES string of the molecule is CS(=O)(=O)Cc1nc(C(Cc2ccc(Cl)cc2)NC(=O)Nc2ccc(Cl)cc2)no1. The lowest BCUT2D eigenvalue weighted by Crippen LogP contribution is -2.34. The van der Waals surface area contributed by atoms with Gasteiger partial charge in [0.05, 0.1) is 6.04 Å². The van der Waals surface area contributed by atoms with Crippen LogP contribution in [-0.2, 0) is 22.0 Å². The van der Waals surface area contributed by atoms with E-state index in [0.29, 0.717) is 22.2 Å². The summed E-state index contributed by atoms with van der Waals surface area (Å²) < 4.78 is 28.0. The number of hydrogen-bond donors (Lipinski definition) is 2. The Morgan fingerprint density at radius 1 is 1.07 bits per heavy atom. The van der Waals surface area contributed by atoms with Gasteiger partial charge in [-0.25, -0.2) is 13.2 Å². The quantitative estimate of drug-likeness (QED) is 0.540. The first kappa shape index (κ1) is 22.1. The summed E-state index contributed by atoms with van der Waals surface area (Å²) in [5.41, 5.74) is 1.42. The van der Waals surface area contributed by atoms with Crippen molar-refractivity contribution in [1.29, 1.82) is 0 Å². The number of hydrogen-bond acceptors (Lipinski definition) is 6. The molecular weight excluding hydrogens is 451 g/mol. The summed E-state index contributed by atoms with van der Waals surface area (Å²) in [7, 11) is -3.34. The molecule has 3 aromatic rings. The number of urea groups is 1. The molecule has 0 fully saturated rings. The maximum Gasteiger partial charge on any atom is 0.319 e. The number of amides is 2. The van der Waals surface area contributed by atoms with Crippen molar-refractivity contribution >= 4 is 44.8 Å². The van der Waals surface area contributed by atoms with Crippen LogP contribution in [0.4, 0.5) is 10.5 Å². The average Bonchev–Trinajstić information content (AvgIpc) is 3.11. The molecule has 1 heterocycles. The minimum atomic E-state index is -3.34. The van der Waals surface area contributed by atoms with Gasteiger partial charge in [0.25, 0.3) is 0 Å². The van der Waals surface area contributed by atoms with E-state index in [-0.39, 0.29) is 17.5 Å². The lowest BCUT2D eigenvalue weighted by molar-refractivity contribution is 0.247. The molecule has 0 spiro atoms. The van der Waals surface area contributed by atoms with Crippen LogP contribution < -0.4 is 10.6 Å². The molecule has 1 aromatic heterocycles. The highest BCUT2D eigenvalue weighted by Gasteiger charge is 2.22. The molecule has 0 saturated carbocycles. The lowest BCUT2D eigenvalue weighted by Gasteiger charge is -2.16. The number of aromatic nitrogens is 2. The van der Waals surface area contributed by atoms with E-state index in [2.05, 4.69) is 20.8 Å². The predicted octanol–water partition coefficient (Wildman–Crippen LogP) is 4.03. The molecule has 1 atom stereocenters. The molecule has 0 aliphatic rings. The van der Waals surface area contributed by atoms with Gasteiger partial charge in [-0.05, 0) is 42.0 Å². The molecule has 2 amide bonds. The Kier molecular flexibility index (Phi) is 6.96. The van der Waals surface area contributed by atoms with Crippen LogP contribution in [0.25, 0.3) is 0 Å². The third-order valence-electron chi connectivity index (χ3n) is 3.94. The Bertz CT molecular complexity index is 1120. The number of carbonyl (C=O) groups excluding carboxylic acids is 1. The van der Waals surface area contributed by atoms with E-state index in [4.69, 9.17) is 27.7 Å². The minimum absolute atomic E-state index is 0.0477. The van der Waals surface area contributed by atoms with Gasteiger partial charge in [-0.2, -0.15) is 4.98 Å². The van der Waals surface area contributed by atoms with Crippen LogP contribution in [0.5, 0.6) is 0 Å². The fourth-order valence-electron chi connectivity index (χ4n) is 2.61. The summed E-state index contributed by atoms with van der Waals surface area (Å²) in [5, 5.41) is 10.5. The first-order valence-corrected chi connectivity index (χ1v) is 11.6. The van der Waals surface area contributed by atoms with Crippen LogP contribution in [0.3, 0.4) is 0 Å². The molecular formula is C19H18Cl2N4O4S. The highest BCUT2D eigenvalue weighted by molar-refractivity contribution is 7.89. The Labute approximate surface area is 183 Å². The summed E-state index contributed by atoms with van der Waals surface area (Å²) >= 11 is 11.8. The summed E-state index contributed by atoms with van der Waals surface area (Å²) in [6.07, 6.45) is 1.41. The molecule has 2 aromatic carbocycles. The van der Waals surface area contributed by atoms with E-state index in [0.717, 1.165) is 11.8 Å². The van der Waals surface area contributed by atoms with Crippen LogP contribution in [-0.4, -0.2) is 30.8 Å². The molecule has 0 saturated heterocycles. The molecule has 158 valence electrons. The number of rotatable bonds is 7. The van der Waals surface area contributed by atoms with Gasteiger partial charge in [0.15, 0.2) is 15.7 Å². The molecule has 0 aliphatic heterocycles. The molecule has 3 rings (SSSR count). The Balaban J connectivity index is 1.78. The molecule has 0 radical (unpaired) electrons.